The van der Waals surface area contributed by atoms with Gasteiger partial charge in [0.25, 0.3) is 0 Å². The van der Waals surface area contributed by atoms with Crippen LogP contribution in [-0.4, -0.2) is 12.1 Å². The summed E-state index contributed by atoms with van der Waals surface area (Å²) in [6.07, 6.45) is 5.13. The molecule has 1 aromatic rings. The Bertz CT molecular complexity index is 421. The summed E-state index contributed by atoms with van der Waals surface area (Å²) in [5.74, 6) is -1.04. The molecule has 0 aliphatic carbocycles. The first-order valence-corrected chi connectivity index (χ1v) is 7.23. The van der Waals surface area contributed by atoms with Crippen LogP contribution < -0.4 is 5.32 Å². The number of hydrogen-bond donors (Lipinski definition) is 1. The maximum absolute atomic E-state index is 13.9. The molecule has 1 fully saturated rings. The highest BCUT2D eigenvalue weighted by Gasteiger charge is 2.35. The predicted molar refractivity (Wildman–Crippen MR) is 74.1 cm³/mol. The van der Waals surface area contributed by atoms with Gasteiger partial charge in [-0.05, 0) is 43.4 Å². The summed E-state index contributed by atoms with van der Waals surface area (Å²) in [6.45, 7) is 5.29. The Morgan fingerprint density at radius 1 is 1.21 bits per heavy atom. The highest BCUT2D eigenvalue weighted by Crippen LogP contribution is 2.31. The van der Waals surface area contributed by atoms with Crippen molar-refractivity contribution >= 4 is 0 Å². The maximum atomic E-state index is 13.9. The van der Waals surface area contributed by atoms with E-state index >= 15 is 0 Å². The summed E-state index contributed by atoms with van der Waals surface area (Å²) in [4.78, 5) is 0. The first kappa shape index (κ1) is 14.4. The molecule has 0 radical (unpaired) electrons. The smallest absolute Gasteiger partial charge is 0.162 e. The van der Waals surface area contributed by atoms with Gasteiger partial charge in [-0.25, -0.2) is 8.78 Å². The van der Waals surface area contributed by atoms with E-state index in [9.17, 15) is 8.78 Å². The molecule has 1 atom stereocenters. The van der Waals surface area contributed by atoms with E-state index in [1.54, 1.807) is 12.1 Å². The summed E-state index contributed by atoms with van der Waals surface area (Å²) in [6, 6.07) is 4.48. The van der Waals surface area contributed by atoms with Crippen LogP contribution in [0.2, 0.25) is 0 Å². The summed E-state index contributed by atoms with van der Waals surface area (Å²) in [5, 5.41) is 3.60. The predicted octanol–water partition coefficient (Wildman–Crippen LogP) is 4.07. The van der Waals surface area contributed by atoms with Crippen molar-refractivity contribution in [2.75, 3.05) is 6.54 Å². The van der Waals surface area contributed by atoms with Gasteiger partial charge in [-0.1, -0.05) is 38.8 Å². The summed E-state index contributed by atoms with van der Waals surface area (Å²) < 4.78 is 27.2. The lowest BCUT2D eigenvalue weighted by Gasteiger charge is -2.38. The zero-order valence-electron chi connectivity index (χ0n) is 11.8. The molecule has 19 heavy (non-hydrogen) atoms. The number of hydrogen-bond acceptors (Lipinski definition) is 1. The molecule has 1 nitrogen and oxygen atoms in total. The molecule has 1 saturated heterocycles. The van der Waals surface area contributed by atoms with E-state index in [0.717, 1.165) is 19.4 Å². The Morgan fingerprint density at radius 3 is 2.74 bits per heavy atom. The van der Waals surface area contributed by atoms with Gasteiger partial charge in [-0.3, -0.25) is 0 Å². The van der Waals surface area contributed by atoms with Crippen molar-refractivity contribution in [2.24, 2.45) is 5.92 Å². The third-order valence-corrected chi connectivity index (χ3v) is 4.42. The van der Waals surface area contributed by atoms with Gasteiger partial charge >= 0.3 is 0 Å². The van der Waals surface area contributed by atoms with Crippen LogP contribution in [0.5, 0.6) is 0 Å². The lowest BCUT2D eigenvalue weighted by atomic mass is 9.77. The van der Waals surface area contributed by atoms with Crippen molar-refractivity contribution in [1.82, 2.24) is 5.32 Å². The maximum Gasteiger partial charge on any atom is 0.162 e. The Hall–Kier alpha value is -0.960. The van der Waals surface area contributed by atoms with Gasteiger partial charge in [0.15, 0.2) is 11.6 Å². The fraction of sp³-hybridized carbons (Fsp3) is 0.625. The molecule has 3 heteroatoms. The molecule has 0 amide bonds. The van der Waals surface area contributed by atoms with Crippen LogP contribution in [0.4, 0.5) is 8.78 Å². The Balaban J connectivity index is 2.27. The molecule has 1 aromatic carbocycles. The summed E-state index contributed by atoms with van der Waals surface area (Å²) >= 11 is 0. The fourth-order valence-electron chi connectivity index (χ4n) is 3.04. The standard InChI is InChI=1S/C16H23F2N/c1-12(2)16(9-4-3-5-10-19-16)11-13-7-6-8-14(17)15(13)18/h6-8,12,19H,3-5,9-11H2,1-2H3. The second-order valence-electron chi connectivity index (χ2n) is 5.94. The van der Waals surface area contributed by atoms with Crippen LogP contribution in [0.25, 0.3) is 0 Å². The van der Waals surface area contributed by atoms with Gasteiger partial charge in [-0.2, -0.15) is 0 Å². The molecule has 2 rings (SSSR count). The van der Waals surface area contributed by atoms with Crippen molar-refractivity contribution in [1.29, 1.82) is 0 Å². The second kappa shape index (κ2) is 6.00. The quantitative estimate of drug-likeness (QED) is 0.870. The highest BCUT2D eigenvalue weighted by atomic mass is 19.2. The minimum atomic E-state index is -0.745. The first-order valence-electron chi connectivity index (χ1n) is 7.23. The van der Waals surface area contributed by atoms with Crippen molar-refractivity contribution < 1.29 is 8.78 Å². The minimum Gasteiger partial charge on any atom is -0.311 e. The van der Waals surface area contributed by atoms with E-state index in [1.807, 2.05) is 0 Å². The molecule has 0 aromatic heterocycles. The van der Waals surface area contributed by atoms with Crippen molar-refractivity contribution in [3.63, 3.8) is 0 Å². The Kier molecular flexibility index (Phi) is 4.56. The normalized spacial score (nSPS) is 24.5. The fourth-order valence-corrected chi connectivity index (χ4v) is 3.04. The molecular weight excluding hydrogens is 244 g/mol. The van der Waals surface area contributed by atoms with Crippen LogP contribution >= 0.6 is 0 Å². The third kappa shape index (κ3) is 3.14. The average molecular weight is 267 g/mol. The molecular formula is C16H23F2N. The average Bonchev–Trinajstić information content (AvgIpc) is 2.62. The van der Waals surface area contributed by atoms with Crippen LogP contribution in [0.1, 0.15) is 45.1 Å². The van der Waals surface area contributed by atoms with E-state index in [0.29, 0.717) is 17.9 Å². The zero-order chi connectivity index (χ0) is 13.9. The van der Waals surface area contributed by atoms with E-state index < -0.39 is 11.6 Å². The van der Waals surface area contributed by atoms with E-state index in [2.05, 4.69) is 19.2 Å². The van der Waals surface area contributed by atoms with Crippen LogP contribution in [0.3, 0.4) is 0 Å². The lowest BCUT2D eigenvalue weighted by molar-refractivity contribution is 0.223. The SMILES string of the molecule is CC(C)C1(Cc2cccc(F)c2F)CCCCCN1. The summed E-state index contributed by atoms with van der Waals surface area (Å²) in [5.41, 5.74) is 0.383. The summed E-state index contributed by atoms with van der Waals surface area (Å²) in [7, 11) is 0. The number of halogens is 2. The van der Waals surface area contributed by atoms with E-state index in [1.165, 1.54) is 18.9 Å². The molecule has 1 aliphatic rings. The molecule has 1 aliphatic heterocycles. The highest BCUT2D eigenvalue weighted by molar-refractivity contribution is 5.22. The molecule has 1 N–H and O–H groups in total. The van der Waals surface area contributed by atoms with Crippen molar-refractivity contribution in [2.45, 2.75) is 51.5 Å². The second-order valence-corrected chi connectivity index (χ2v) is 5.94. The largest absolute Gasteiger partial charge is 0.311 e. The van der Waals surface area contributed by atoms with Gasteiger partial charge in [0, 0.05) is 5.54 Å². The Morgan fingerprint density at radius 2 is 2.00 bits per heavy atom. The van der Waals surface area contributed by atoms with Gasteiger partial charge in [-0.15, -0.1) is 0 Å². The van der Waals surface area contributed by atoms with Gasteiger partial charge in [0.2, 0.25) is 0 Å². The van der Waals surface area contributed by atoms with Crippen molar-refractivity contribution in [3.8, 4) is 0 Å². The van der Waals surface area contributed by atoms with Crippen molar-refractivity contribution in [3.05, 3.63) is 35.4 Å². The number of benzene rings is 1. The molecule has 1 heterocycles. The van der Waals surface area contributed by atoms with Gasteiger partial charge in [0.1, 0.15) is 0 Å². The molecule has 0 saturated carbocycles. The molecule has 0 spiro atoms. The van der Waals surface area contributed by atoms with E-state index in [-0.39, 0.29) is 5.54 Å². The number of rotatable bonds is 3. The first-order chi connectivity index (χ1) is 9.05. The monoisotopic (exact) mass is 267 g/mol. The number of nitrogens with one attached hydrogen (secondary N) is 1. The van der Waals surface area contributed by atoms with Crippen LogP contribution in [0, 0.1) is 17.6 Å². The lowest BCUT2D eigenvalue weighted by Crippen LogP contribution is -2.51. The van der Waals surface area contributed by atoms with Gasteiger partial charge < -0.3 is 5.32 Å². The molecule has 0 bridgehead atoms. The topological polar surface area (TPSA) is 12.0 Å². The Labute approximate surface area is 114 Å². The third-order valence-electron chi connectivity index (χ3n) is 4.42. The minimum absolute atomic E-state index is 0.106. The molecule has 106 valence electrons. The van der Waals surface area contributed by atoms with Gasteiger partial charge in [0.05, 0.1) is 0 Å². The van der Waals surface area contributed by atoms with Crippen LogP contribution in [0.15, 0.2) is 18.2 Å². The zero-order valence-corrected chi connectivity index (χ0v) is 11.8. The van der Waals surface area contributed by atoms with E-state index in [4.69, 9.17) is 0 Å². The molecule has 1 unspecified atom stereocenters. The van der Waals surface area contributed by atoms with Crippen LogP contribution in [-0.2, 0) is 6.42 Å².